The fourth-order valence-corrected chi connectivity index (χ4v) is 2.51. The molecule has 1 aliphatic carbocycles. The van der Waals surface area contributed by atoms with Crippen LogP contribution in [0.25, 0.3) is 15.4 Å². The summed E-state index contributed by atoms with van der Waals surface area (Å²) in [6, 6.07) is 3.19. The predicted octanol–water partition coefficient (Wildman–Crippen LogP) is 2.66. The number of pyridine rings is 1. The largest absolute Gasteiger partial charge is 0.413 e. The number of allylic oxidation sites excluding steroid dienone is 1. The van der Waals surface area contributed by atoms with Crippen LogP contribution in [0, 0.1) is 6.07 Å². The van der Waals surface area contributed by atoms with E-state index in [1.165, 1.54) is 11.1 Å². The van der Waals surface area contributed by atoms with Crippen molar-refractivity contribution >= 4 is 31.3 Å². The Morgan fingerprint density at radius 3 is 3.13 bits per heavy atom. The Bertz CT molecular complexity index is 557. The average molecular weight is 337 g/mol. The van der Waals surface area contributed by atoms with Gasteiger partial charge in [0.15, 0.2) is 0 Å². The zero-order valence-corrected chi connectivity index (χ0v) is 12.7. The number of rotatable bonds is 0. The van der Waals surface area contributed by atoms with Gasteiger partial charge >= 0.3 is 0 Å². The number of aryl methyl sites for hydroxylation is 1. The number of aromatic nitrogens is 2. The molecule has 0 unspecified atom stereocenters. The monoisotopic (exact) mass is 336 g/mol. The summed E-state index contributed by atoms with van der Waals surface area (Å²) in [6.07, 6.45) is 6.93. The molecule has 73 valence electrons. The summed E-state index contributed by atoms with van der Waals surface area (Å²) in [5.74, 6) is 0. The Kier molecular flexibility index (Phi) is 3.15. The summed E-state index contributed by atoms with van der Waals surface area (Å²) in [6.45, 7) is 0. The molecule has 1 aliphatic rings. The van der Waals surface area contributed by atoms with Gasteiger partial charge in [0.1, 0.15) is 0 Å². The molecule has 0 N–H and O–H groups in total. The molecular weight excluding hydrogens is 329 g/mol. The average Bonchev–Trinajstić information content (AvgIpc) is 2.72. The van der Waals surface area contributed by atoms with Crippen molar-refractivity contribution in [1.29, 1.82) is 0 Å². The zero-order chi connectivity index (χ0) is 9.71. The van der Waals surface area contributed by atoms with E-state index in [4.69, 9.17) is 0 Å². The summed E-state index contributed by atoms with van der Waals surface area (Å²) in [7, 11) is 2.04. The Balaban J connectivity index is 0.000000853. The van der Waals surface area contributed by atoms with Gasteiger partial charge in [-0.25, -0.2) is 0 Å². The molecule has 0 spiro atoms. The smallest absolute Gasteiger partial charge is 0.0273 e. The topological polar surface area (TPSA) is 17.8 Å². The van der Waals surface area contributed by atoms with Gasteiger partial charge in [0.25, 0.3) is 0 Å². The standard InChI is InChI=1S/C11H8BrN2.Y/c1-14-5-4-7-6-13-9-3-2-8(12)10(9)11(7)14;/h2,5-6H,3H2,1H3;/q-1;. The molecule has 15 heavy (non-hydrogen) atoms. The summed E-state index contributed by atoms with van der Waals surface area (Å²) in [5.41, 5.74) is 3.60. The van der Waals surface area contributed by atoms with E-state index in [0.717, 1.165) is 22.0 Å². The van der Waals surface area contributed by atoms with Crippen molar-refractivity contribution in [2.24, 2.45) is 7.05 Å². The van der Waals surface area contributed by atoms with Crippen LogP contribution < -0.4 is 0 Å². The van der Waals surface area contributed by atoms with Crippen LogP contribution in [-0.4, -0.2) is 9.55 Å². The molecule has 0 aliphatic heterocycles. The first-order valence-corrected chi connectivity index (χ1v) is 5.27. The second-order valence-electron chi connectivity index (χ2n) is 3.48. The third-order valence-electron chi connectivity index (χ3n) is 2.61. The Hall–Kier alpha value is 0.0139. The van der Waals surface area contributed by atoms with Crippen LogP contribution in [0.3, 0.4) is 0 Å². The Morgan fingerprint density at radius 1 is 1.53 bits per heavy atom. The van der Waals surface area contributed by atoms with Gasteiger partial charge in [-0.2, -0.15) is 6.07 Å². The molecule has 0 saturated heterocycles. The molecule has 0 fully saturated rings. The van der Waals surface area contributed by atoms with Crippen molar-refractivity contribution in [3.05, 3.63) is 35.8 Å². The minimum atomic E-state index is 0. The van der Waals surface area contributed by atoms with Crippen LogP contribution in [0.2, 0.25) is 0 Å². The first-order valence-electron chi connectivity index (χ1n) is 4.48. The number of fused-ring (bicyclic) bond motifs is 3. The molecule has 0 atom stereocenters. The molecule has 4 heteroatoms. The van der Waals surface area contributed by atoms with E-state index in [0.29, 0.717) is 0 Å². The van der Waals surface area contributed by atoms with Crippen molar-refractivity contribution in [3.8, 4) is 0 Å². The van der Waals surface area contributed by atoms with E-state index in [9.17, 15) is 0 Å². The quantitative estimate of drug-likeness (QED) is 0.676. The van der Waals surface area contributed by atoms with Gasteiger partial charge in [-0.05, 0) is 12.6 Å². The third kappa shape index (κ3) is 1.65. The first kappa shape index (κ1) is 11.5. The van der Waals surface area contributed by atoms with E-state index >= 15 is 0 Å². The normalized spacial score (nSPS) is 13.6. The van der Waals surface area contributed by atoms with Crippen LogP contribution in [0.15, 0.2) is 18.5 Å². The zero-order valence-electron chi connectivity index (χ0n) is 8.29. The number of hydrogen-bond acceptors (Lipinski definition) is 1. The third-order valence-corrected chi connectivity index (χ3v) is 3.33. The van der Waals surface area contributed by atoms with Gasteiger partial charge in [-0.15, -0.1) is 5.39 Å². The minimum absolute atomic E-state index is 0. The van der Waals surface area contributed by atoms with Gasteiger partial charge in [0.05, 0.1) is 0 Å². The molecular formula is C11H8BrN2Y-. The number of halogens is 1. The minimum Gasteiger partial charge on any atom is -0.413 e. The molecule has 0 bridgehead atoms. The van der Waals surface area contributed by atoms with Crippen LogP contribution in [0.1, 0.15) is 11.3 Å². The van der Waals surface area contributed by atoms with Crippen molar-refractivity contribution < 1.29 is 32.7 Å². The Morgan fingerprint density at radius 2 is 2.33 bits per heavy atom. The maximum Gasteiger partial charge on any atom is 0.0273 e. The fraction of sp³-hybridized carbons (Fsp3) is 0.182. The second kappa shape index (κ2) is 4.12. The van der Waals surface area contributed by atoms with Gasteiger partial charge in [-0.1, -0.05) is 39.9 Å². The summed E-state index contributed by atoms with van der Waals surface area (Å²) in [5, 5.41) is 1.08. The van der Waals surface area contributed by atoms with Crippen LogP contribution in [0.5, 0.6) is 0 Å². The van der Waals surface area contributed by atoms with Crippen molar-refractivity contribution in [3.63, 3.8) is 0 Å². The molecule has 2 aromatic rings. The van der Waals surface area contributed by atoms with Gasteiger partial charge in [-0.3, -0.25) is 0 Å². The maximum absolute atomic E-state index is 4.42. The summed E-state index contributed by atoms with van der Waals surface area (Å²) in [4.78, 5) is 4.42. The first-order chi connectivity index (χ1) is 6.77. The number of nitrogens with zero attached hydrogens (tertiary/aromatic N) is 2. The molecule has 1 radical (unpaired) electrons. The molecule has 2 heterocycles. The van der Waals surface area contributed by atoms with Crippen molar-refractivity contribution in [1.82, 2.24) is 9.55 Å². The van der Waals surface area contributed by atoms with E-state index in [2.05, 4.69) is 37.6 Å². The van der Waals surface area contributed by atoms with Gasteiger partial charge in [0, 0.05) is 49.3 Å². The van der Waals surface area contributed by atoms with Crippen LogP contribution >= 0.6 is 15.9 Å². The van der Waals surface area contributed by atoms with Gasteiger partial charge < -0.3 is 9.55 Å². The molecule has 3 rings (SSSR count). The fourth-order valence-electron chi connectivity index (χ4n) is 1.94. The van der Waals surface area contributed by atoms with E-state index in [1.807, 2.05) is 19.4 Å². The van der Waals surface area contributed by atoms with Crippen molar-refractivity contribution in [2.45, 2.75) is 6.42 Å². The van der Waals surface area contributed by atoms with Crippen LogP contribution in [0.4, 0.5) is 0 Å². The van der Waals surface area contributed by atoms with E-state index in [-0.39, 0.29) is 32.7 Å². The SMILES string of the molecule is Cn1c[c-]c2cnc3c(c21)C(Br)=CC3.[Y]. The van der Waals surface area contributed by atoms with Crippen molar-refractivity contribution in [2.75, 3.05) is 0 Å². The summed E-state index contributed by atoms with van der Waals surface area (Å²) >= 11 is 3.57. The van der Waals surface area contributed by atoms with E-state index < -0.39 is 0 Å². The maximum atomic E-state index is 4.42. The number of hydrogen-bond donors (Lipinski definition) is 0. The molecule has 0 amide bonds. The summed E-state index contributed by atoms with van der Waals surface area (Å²) < 4.78 is 3.25. The van der Waals surface area contributed by atoms with E-state index in [1.54, 1.807) is 0 Å². The Labute approximate surface area is 122 Å². The molecule has 0 saturated carbocycles. The molecule has 2 aromatic heterocycles. The second-order valence-corrected chi connectivity index (χ2v) is 4.34. The molecule has 2 nitrogen and oxygen atoms in total. The predicted molar refractivity (Wildman–Crippen MR) is 60.2 cm³/mol. The van der Waals surface area contributed by atoms with Crippen LogP contribution in [-0.2, 0) is 46.2 Å². The van der Waals surface area contributed by atoms with Gasteiger partial charge in [0.2, 0.25) is 0 Å². The molecule has 0 aromatic carbocycles.